The third-order valence-electron chi connectivity index (χ3n) is 3.42. The number of hydrogen-bond acceptors (Lipinski definition) is 4. The minimum absolute atomic E-state index is 0.635. The molecule has 2 N–H and O–H groups in total. The molecular weight excluding hydrogens is 260 g/mol. The highest BCUT2D eigenvalue weighted by molar-refractivity contribution is 5.85. The Labute approximate surface area is 124 Å². The number of anilines is 2. The quantitative estimate of drug-likeness (QED) is 0.765. The maximum Gasteiger partial charge on any atom is 0.224 e. The van der Waals surface area contributed by atoms with Crippen molar-refractivity contribution in [3.63, 3.8) is 0 Å². The molecule has 3 rings (SSSR count). The van der Waals surface area contributed by atoms with Crippen LogP contribution >= 0.6 is 0 Å². The molecule has 1 heterocycles. The van der Waals surface area contributed by atoms with Gasteiger partial charge in [-0.05, 0) is 23.3 Å². The summed E-state index contributed by atoms with van der Waals surface area (Å²) in [5.41, 5.74) is 2.20. The predicted molar refractivity (Wildman–Crippen MR) is 87.6 cm³/mol. The van der Waals surface area contributed by atoms with Gasteiger partial charge in [0.05, 0.1) is 0 Å². The fourth-order valence-electron chi connectivity index (χ4n) is 2.40. The van der Waals surface area contributed by atoms with Gasteiger partial charge >= 0.3 is 0 Å². The number of nitrogens with one attached hydrogen (secondary N) is 2. The second kappa shape index (κ2) is 5.79. The first-order valence-corrected chi connectivity index (χ1v) is 7.00. The first kappa shape index (κ1) is 13.4. The van der Waals surface area contributed by atoms with Crippen molar-refractivity contribution in [3.05, 3.63) is 59.8 Å². The van der Waals surface area contributed by atoms with Crippen LogP contribution in [0.3, 0.4) is 0 Å². The van der Waals surface area contributed by atoms with E-state index in [4.69, 9.17) is 0 Å². The summed E-state index contributed by atoms with van der Waals surface area (Å²) in [6.45, 7) is 2.70. The fourth-order valence-corrected chi connectivity index (χ4v) is 2.40. The summed E-state index contributed by atoms with van der Waals surface area (Å²) in [6, 6.07) is 16.7. The summed E-state index contributed by atoms with van der Waals surface area (Å²) >= 11 is 0. The molecule has 1 aromatic heterocycles. The zero-order valence-corrected chi connectivity index (χ0v) is 12.2. The van der Waals surface area contributed by atoms with Crippen LogP contribution < -0.4 is 10.6 Å². The third-order valence-corrected chi connectivity index (χ3v) is 3.42. The SMILES string of the molecule is CNc1nc(C)cc(NCc2cccc3ccccc23)n1. The van der Waals surface area contributed by atoms with E-state index in [9.17, 15) is 0 Å². The normalized spacial score (nSPS) is 10.6. The van der Waals surface area contributed by atoms with Crippen LogP contribution in [0.25, 0.3) is 10.8 Å². The van der Waals surface area contributed by atoms with E-state index in [1.807, 2.05) is 20.0 Å². The summed E-state index contributed by atoms with van der Waals surface area (Å²) in [6.07, 6.45) is 0. The van der Waals surface area contributed by atoms with E-state index in [-0.39, 0.29) is 0 Å². The molecule has 4 heteroatoms. The first-order valence-electron chi connectivity index (χ1n) is 7.00. The van der Waals surface area contributed by atoms with Crippen molar-refractivity contribution in [1.82, 2.24) is 9.97 Å². The fraction of sp³-hybridized carbons (Fsp3) is 0.176. The molecule has 0 aliphatic rings. The van der Waals surface area contributed by atoms with Crippen molar-refractivity contribution < 1.29 is 0 Å². The number of rotatable bonds is 4. The molecule has 4 nitrogen and oxygen atoms in total. The lowest BCUT2D eigenvalue weighted by atomic mass is 10.0. The topological polar surface area (TPSA) is 49.8 Å². The largest absolute Gasteiger partial charge is 0.366 e. The number of hydrogen-bond donors (Lipinski definition) is 2. The van der Waals surface area contributed by atoms with E-state index >= 15 is 0 Å². The van der Waals surface area contributed by atoms with Gasteiger partial charge in [-0.1, -0.05) is 42.5 Å². The molecule has 2 aromatic carbocycles. The monoisotopic (exact) mass is 278 g/mol. The van der Waals surface area contributed by atoms with Crippen LogP contribution in [-0.4, -0.2) is 17.0 Å². The molecule has 0 saturated carbocycles. The lowest BCUT2D eigenvalue weighted by Gasteiger charge is -2.10. The maximum atomic E-state index is 4.41. The van der Waals surface area contributed by atoms with Crippen LogP contribution in [0.5, 0.6) is 0 Å². The lowest BCUT2D eigenvalue weighted by molar-refractivity contribution is 1.06. The molecule has 0 atom stereocenters. The second-order valence-corrected chi connectivity index (χ2v) is 4.96. The summed E-state index contributed by atoms with van der Waals surface area (Å²) in [5.74, 6) is 1.47. The Morgan fingerprint density at radius 1 is 1.00 bits per heavy atom. The molecule has 0 fully saturated rings. The van der Waals surface area contributed by atoms with Crippen molar-refractivity contribution in [3.8, 4) is 0 Å². The molecule has 0 radical (unpaired) electrons. The summed E-state index contributed by atoms with van der Waals surface area (Å²) in [7, 11) is 1.82. The van der Waals surface area contributed by atoms with E-state index < -0.39 is 0 Å². The number of aryl methyl sites for hydroxylation is 1. The Morgan fingerprint density at radius 3 is 2.67 bits per heavy atom. The van der Waals surface area contributed by atoms with Crippen LogP contribution in [0, 0.1) is 6.92 Å². The van der Waals surface area contributed by atoms with Gasteiger partial charge in [0.15, 0.2) is 0 Å². The van der Waals surface area contributed by atoms with Gasteiger partial charge in [0.2, 0.25) is 5.95 Å². The van der Waals surface area contributed by atoms with Crippen molar-refractivity contribution in [2.45, 2.75) is 13.5 Å². The van der Waals surface area contributed by atoms with Crippen LogP contribution in [0.4, 0.5) is 11.8 Å². The van der Waals surface area contributed by atoms with Gasteiger partial charge in [0.1, 0.15) is 5.82 Å². The van der Waals surface area contributed by atoms with Gasteiger partial charge in [-0.3, -0.25) is 0 Å². The van der Waals surface area contributed by atoms with E-state index in [0.29, 0.717) is 5.95 Å². The van der Waals surface area contributed by atoms with Gasteiger partial charge in [0.25, 0.3) is 0 Å². The molecule has 106 valence electrons. The van der Waals surface area contributed by atoms with Gasteiger partial charge in [-0.15, -0.1) is 0 Å². The van der Waals surface area contributed by atoms with Crippen molar-refractivity contribution in [2.24, 2.45) is 0 Å². The van der Waals surface area contributed by atoms with Crippen molar-refractivity contribution >= 4 is 22.5 Å². The molecule has 21 heavy (non-hydrogen) atoms. The van der Waals surface area contributed by atoms with Crippen LogP contribution in [0.1, 0.15) is 11.3 Å². The van der Waals surface area contributed by atoms with Crippen LogP contribution in [0.2, 0.25) is 0 Å². The molecular formula is C17H18N4. The Balaban J connectivity index is 1.85. The average Bonchev–Trinajstić information content (AvgIpc) is 2.52. The average molecular weight is 278 g/mol. The highest BCUT2D eigenvalue weighted by atomic mass is 15.1. The van der Waals surface area contributed by atoms with Crippen molar-refractivity contribution in [2.75, 3.05) is 17.7 Å². The van der Waals surface area contributed by atoms with Crippen LogP contribution in [0.15, 0.2) is 48.5 Å². The highest BCUT2D eigenvalue weighted by Gasteiger charge is 2.03. The molecule has 0 amide bonds. The predicted octanol–water partition coefficient (Wildman–Crippen LogP) is 3.59. The van der Waals surface area contributed by atoms with Gasteiger partial charge in [-0.25, -0.2) is 4.98 Å². The van der Waals surface area contributed by atoms with E-state index in [2.05, 4.69) is 63.1 Å². The minimum atomic E-state index is 0.635. The van der Waals surface area contributed by atoms with Crippen LogP contribution in [-0.2, 0) is 6.54 Å². The molecule has 3 aromatic rings. The Morgan fingerprint density at radius 2 is 1.81 bits per heavy atom. The molecule has 0 saturated heterocycles. The zero-order chi connectivity index (χ0) is 14.7. The van der Waals surface area contributed by atoms with E-state index in [1.54, 1.807) is 0 Å². The Hall–Kier alpha value is -2.62. The lowest BCUT2D eigenvalue weighted by Crippen LogP contribution is -2.05. The van der Waals surface area contributed by atoms with Gasteiger partial charge in [0, 0.05) is 25.4 Å². The number of benzene rings is 2. The summed E-state index contributed by atoms with van der Waals surface area (Å²) in [5, 5.41) is 8.88. The number of fused-ring (bicyclic) bond motifs is 1. The first-order chi connectivity index (χ1) is 10.3. The molecule has 0 unspecified atom stereocenters. The molecule has 0 aliphatic heterocycles. The van der Waals surface area contributed by atoms with E-state index in [0.717, 1.165) is 18.1 Å². The number of nitrogens with zero attached hydrogens (tertiary/aromatic N) is 2. The minimum Gasteiger partial charge on any atom is -0.366 e. The van der Waals surface area contributed by atoms with Crippen molar-refractivity contribution in [1.29, 1.82) is 0 Å². The highest BCUT2D eigenvalue weighted by Crippen LogP contribution is 2.19. The standard InChI is InChI=1S/C17H18N4/c1-12-10-16(21-17(18-2)20-12)19-11-14-8-5-7-13-6-3-4-9-15(13)14/h3-10H,11H2,1-2H3,(H2,18,19,20,21). The maximum absolute atomic E-state index is 4.41. The summed E-state index contributed by atoms with van der Waals surface area (Å²) in [4.78, 5) is 8.71. The zero-order valence-electron chi connectivity index (χ0n) is 12.2. The summed E-state index contributed by atoms with van der Waals surface area (Å²) < 4.78 is 0. The number of aromatic nitrogens is 2. The second-order valence-electron chi connectivity index (χ2n) is 4.96. The Kier molecular flexibility index (Phi) is 3.69. The molecule has 0 aliphatic carbocycles. The molecule has 0 bridgehead atoms. The van der Waals surface area contributed by atoms with Gasteiger partial charge < -0.3 is 10.6 Å². The van der Waals surface area contributed by atoms with E-state index in [1.165, 1.54) is 16.3 Å². The third kappa shape index (κ3) is 2.94. The van der Waals surface area contributed by atoms with Gasteiger partial charge in [-0.2, -0.15) is 4.98 Å². The molecule has 0 spiro atoms. The smallest absolute Gasteiger partial charge is 0.224 e. The Bertz CT molecular complexity index is 762.